The van der Waals surface area contributed by atoms with E-state index in [1.54, 1.807) is 57.7 Å². The summed E-state index contributed by atoms with van der Waals surface area (Å²) in [5.41, 5.74) is 8.41. The number of benzene rings is 3. The number of hydrogen-bond acceptors (Lipinski definition) is 8. The van der Waals surface area contributed by atoms with Crippen LogP contribution >= 0.6 is 24.0 Å². The highest BCUT2D eigenvalue weighted by molar-refractivity contribution is 6.30. The first-order valence-electron chi connectivity index (χ1n) is 13.3. The number of methoxy groups -OCH3 is 3. The summed E-state index contributed by atoms with van der Waals surface area (Å²) in [7, 11) is 4.81. The molecule has 0 aliphatic carbocycles. The Hall–Kier alpha value is -4.03. The van der Waals surface area contributed by atoms with Crippen molar-refractivity contribution in [3.8, 4) is 17.2 Å². The minimum absolute atomic E-state index is 0. The first-order chi connectivity index (χ1) is 20.2. The minimum atomic E-state index is -0.532. The Morgan fingerprint density at radius 2 is 1.37 bits per heavy atom. The first kappa shape index (κ1) is 33.5. The van der Waals surface area contributed by atoms with Crippen LogP contribution in [0.5, 0.6) is 17.2 Å². The van der Waals surface area contributed by atoms with Crippen molar-refractivity contribution in [3.63, 3.8) is 0 Å². The van der Waals surface area contributed by atoms with Crippen molar-refractivity contribution in [1.29, 1.82) is 5.41 Å². The Kier molecular flexibility index (Phi) is 12.0. The molecular weight excluding hydrogens is 595 g/mol. The van der Waals surface area contributed by atoms with Crippen molar-refractivity contribution in [1.82, 2.24) is 15.1 Å². The van der Waals surface area contributed by atoms with Gasteiger partial charge in [0, 0.05) is 66.7 Å². The van der Waals surface area contributed by atoms with E-state index < -0.39 is 11.9 Å². The van der Waals surface area contributed by atoms with Crippen molar-refractivity contribution in [2.45, 2.75) is 13.1 Å². The fourth-order valence-corrected chi connectivity index (χ4v) is 4.96. The average molecular weight is 632 g/mol. The number of amides is 2. The summed E-state index contributed by atoms with van der Waals surface area (Å²) >= 11 is 5.97. The van der Waals surface area contributed by atoms with Crippen molar-refractivity contribution in [2.24, 2.45) is 5.73 Å². The molecule has 3 aromatic carbocycles. The zero-order valence-corrected chi connectivity index (χ0v) is 25.8. The van der Waals surface area contributed by atoms with Gasteiger partial charge in [0.15, 0.2) is 17.5 Å². The summed E-state index contributed by atoms with van der Waals surface area (Å²) in [6.07, 6.45) is 0. The van der Waals surface area contributed by atoms with E-state index in [9.17, 15) is 9.59 Å². The van der Waals surface area contributed by atoms with Crippen molar-refractivity contribution in [2.75, 3.05) is 52.8 Å². The highest BCUT2D eigenvalue weighted by Gasteiger charge is 2.23. The molecule has 0 bridgehead atoms. The van der Waals surface area contributed by atoms with E-state index in [-0.39, 0.29) is 23.9 Å². The fourth-order valence-electron chi connectivity index (χ4n) is 4.84. The van der Waals surface area contributed by atoms with Crippen LogP contribution in [0, 0.1) is 5.41 Å². The largest absolute Gasteiger partial charge is 0.493 e. The Morgan fingerprint density at radius 1 is 0.814 bits per heavy atom. The van der Waals surface area contributed by atoms with E-state index in [0.29, 0.717) is 46.6 Å². The third kappa shape index (κ3) is 8.51. The van der Waals surface area contributed by atoms with Gasteiger partial charge in [0.05, 0.1) is 21.3 Å². The smallest absolute Gasteiger partial charge is 0.258 e. The van der Waals surface area contributed by atoms with E-state index in [1.165, 1.54) is 0 Å². The maximum atomic E-state index is 13.0. The van der Waals surface area contributed by atoms with Crippen molar-refractivity contribution < 1.29 is 23.8 Å². The van der Waals surface area contributed by atoms with Gasteiger partial charge in [0.1, 0.15) is 0 Å². The highest BCUT2D eigenvalue weighted by atomic mass is 35.5. The molecule has 1 heterocycles. The summed E-state index contributed by atoms with van der Waals surface area (Å²) in [5, 5.41) is 13.1. The van der Waals surface area contributed by atoms with Gasteiger partial charge < -0.3 is 25.3 Å². The summed E-state index contributed by atoms with van der Waals surface area (Å²) in [5.74, 6) is 0.533. The molecule has 0 saturated carbocycles. The van der Waals surface area contributed by atoms with Gasteiger partial charge in [0.25, 0.3) is 11.8 Å². The number of ether oxygens (including phenoxy) is 3. The number of rotatable bonds is 10. The van der Waals surface area contributed by atoms with Gasteiger partial charge in [-0.3, -0.25) is 30.1 Å². The van der Waals surface area contributed by atoms with Gasteiger partial charge >= 0.3 is 0 Å². The molecule has 0 aromatic heterocycles. The fraction of sp³-hybridized carbons (Fsp3) is 0.300. The molecule has 1 aliphatic heterocycles. The average Bonchev–Trinajstić information content (AvgIpc) is 2.98. The number of halogens is 2. The van der Waals surface area contributed by atoms with Crippen LogP contribution in [0.4, 0.5) is 5.69 Å². The molecule has 0 radical (unpaired) electrons. The van der Waals surface area contributed by atoms with Crippen LogP contribution in [0.3, 0.4) is 0 Å². The number of nitrogens with zero attached hydrogens (tertiary/aromatic N) is 2. The van der Waals surface area contributed by atoms with E-state index in [4.69, 9.17) is 37.0 Å². The lowest BCUT2D eigenvalue weighted by atomic mass is 10.1. The molecule has 43 heavy (non-hydrogen) atoms. The lowest BCUT2D eigenvalue weighted by molar-refractivity contribution is 0.0974. The zero-order valence-electron chi connectivity index (χ0n) is 24.2. The van der Waals surface area contributed by atoms with Crippen LogP contribution in [-0.4, -0.2) is 75.1 Å². The van der Waals surface area contributed by atoms with Crippen molar-refractivity contribution in [3.05, 3.63) is 81.9 Å². The quantitative estimate of drug-likeness (QED) is 0.195. The van der Waals surface area contributed by atoms with Crippen molar-refractivity contribution >= 4 is 47.5 Å². The summed E-state index contributed by atoms with van der Waals surface area (Å²) in [6.45, 7) is 4.50. The van der Waals surface area contributed by atoms with Gasteiger partial charge in [-0.25, -0.2) is 0 Å². The van der Waals surface area contributed by atoms with E-state index in [1.807, 2.05) is 18.2 Å². The number of hydrogen-bond donors (Lipinski definition) is 4. The summed E-state index contributed by atoms with van der Waals surface area (Å²) in [6, 6.07) is 15.5. The Balaban J connectivity index is 0.00000506. The van der Waals surface area contributed by atoms with Crippen LogP contribution < -0.4 is 30.6 Å². The molecular formula is C30H36Cl2N6O5. The lowest BCUT2D eigenvalue weighted by Gasteiger charge is -2.35. The number of carbonyl (C=O) groups excluding carboxylic acids is 2. The molecule has 230 valence electrons. The highest BCUT2D eigenvalue weighted by Crippen LogP contribution is 2.40. The third-order valence-electron chi connectivity index (χ3n) is 7.01. The van der Waals surface area contributed by atoms with Crippen LogP contribution in [0.2, 0.25) is 5.02 Å². The van der Waals surface area contributed by atoms with Crippen LogP contribution in [0.1, 0.15) is 31.8 Å². The van der Waals surface area contributed by atoms with Gasteiger partial charge in [-0.15, -0.1) is 12.4 Å². The van der Waals surface area contributed by atoms with Crippen LogP contribution in [0.15, 0.2) is 54.6 Å². The summed E-state index contributed by atoms with van der Waals surface area (Å²) < 4.78 is 16.6. The molecule has 2 amide bonds. The maximum Gasteiger partial charge on any atom is 0.258 e. The Bertz CT molecular complexity index is 1450. The van der Waals surface area contributed by atoms with Crippen LogP contribution in [-0.2, 0) is 13.1 Å². The number of anilines is 1. The molecule has 5 N–H and O–H groups in total. The second-order valence-electron chi connectivity index (χ2n) is 9.75. The predicted molar refractivity (Wildman–Crippen MR) is 169 cm³/mol. The molecule has 13 heteroatoms. The minimum Gasteiger partial charge on any atom is -0.493 e. The summed E-state index contributed by atoms with van der Waals surface area (Å²) in [4.78, 5) is 30.2. The topological polar surface area (TPSA) is 142 Å². The Morgan fingerprint density at radius 3 is 1.93 bits per heavy atom. The number of nitrogens with one attached hydrogen (secondary N) is 3. The van der Waals surface area contributed by atoms with Gasteiger partial charge in [-0.05, 0) is 48.0 Å². The molecule has 3 aromatic rings. The standard InChI is InChI=1S/C30H35ClN6O5.ClH/c1-40-25-11-8-22(26(41-2)27(25)42-3)18-37-14-12-36(13-15-37)17-21-5-4-20(29(39)35-30(32)33)16-24(21)34-28(38)19-6-9-23(31)10-7-19;/h4-11,16H,12-15,17-18H2,1-3H3,(H,34,38)(H4,32,33,35,39);1H. The zero-order chi connectivity index (χ0) is 30.2. The normalized spacial score (nSPS) is 13.4. The monoisotopic (exact) mass is 630 g/mol. The van der Waals surface area contributed by atoms with Crippen LogP contribution in [0.25, 0.3) is 0 Å². The molecule has 1 fully saturated rings. The number of guanidine groups is 1. The third-order valence-corrected chi connectivity index (χ3v) is 7.27. The second-order valence-corrected chi connectivity index (χ2v) is 10.2. The maximum absolute atomic E-state index is 13.0. The molecule has 11 nitrogen and oxygen atoms in total. The molecule has 4 rings (SSSR count). The number of piperazine rings is 1. The predicted octanol–water partition coefficient (Wildman–Crippen LogP) is 3.98. The van der Waals surface area contributed by atoms with Gasteiger partial charge in [-0.2, -0.15) is 0 Å². The van der Waals surface area contributed by atoms with Gasteiger partial charge in [-0.1, -0.05) is 23.7 Å². The SMILES string of the molecule is COc1ccc(CN2CCN(Cc3ccc(C(=O)NC(=N)N)cc3NC(=O)c3ccc(Cl)cc3)CC2)c(OC)c1OC.Cl. The molecule has 1 saturated heterocycles. The lowest BCUT2D eigenvalue weighted by Crippen LogP contribution is -2.45. The first-order valence-corrected chi connectivity index (χ1v) is 13.7. The van der Waals surface area contributed by atoms with E-state index in [2.05, 4.69) is 20.4 Å². The molecule has 0 spiro atoms. The molecule has 0 unspecified atom stereocenters. The van der Waals surface area contributed by atoms with E-state index in [0.717, 1.165) is 37.3 Å². The van der Waals surface area contributed by atoms with Gasteiger partial charge in [0.2, 0.25) is 5.75 Å². The molecule has 1 aliphatic rings. The van der Waals surface area contributed by atoms with E-state index >= 15 is 0 Å². The second kappa shape index (κ2) is 15.4. The Labute approximate surface area is 262 Å². The number of carbonyl (C=O) groups is 2. The molecule has 0 atom stereocenters. The number of nitrogens with two attached hydrogens (primary N) is 1.